The SMILES string of the molecule is CC[C@H](Oc1cc(C)ccc1C)C(=O)N1CCOCC1. The molecule has 0 aliphatic carbocycles. The van der Waals surface area contributed by atoms with E-state index in [9.17, 15) is 4.79 Å². The number of hydrogen-bond donors (Lipinski definition) is 0. The van der Waals surface area contributed by atoms with Crippen molar-refractivity contribution in [2.24, 2.45) is 0 Å². The van der Waals surface area contributed by atoms with Crippen LogP contribution in [0.1, 0.15) is 24.5 Å². The summed E-state index contributed by atoms with van der Waals surface area (Å²) in [5.41, 5.74) is 2.20. The minimum Gasteiger partial charge on any atom is -0.480 e. The molecule has 0 spiro atoms. The molecule has 1 fully saturated rings. The quantitative estimate of drug-likeness (QED) is 0.848. The Morgan fingerprint density at radius 1 is 1.35 bits per heavy atom. The summed E-state index contributed by atoms with van der Waals surface area (Å²) in [6.07, 6.45) is 0.262. The second-order valence-electron chi connectivity index (χ2n) is 5.22. The highest BCUT2D eigenvalue weighted by atomic mass is 16.5. The lowest BCUT2D eigenvalue weighted by molar-refractivity contribution is -0.143. The third kappa shape index (κ3) is 3.51. The Hall–Kier alpha value is -1.55. The summed E-state index contributed by atoms with van der Waals surface area (Å²) in [6.45, 7) is 8.56. The minimum absolute atomic E-state index is 0.0664. The molecule has 1 saturated heterocycles. The number of benzene rings is 1. The zero-order chi connectivity index (χ0) is 14.5. The van der Waals surface area contributed by atoms with Crippen LogP contribution in [0.4, 0.5) is 0 Å². The summed E-state index contributed by atoms with van der Waals surface area (Å²) in [5.74, 6) is 0.871. The van der Waals surface area contributed by atoms with E-state index in [1.54, 1.807) is 0 Å². The summed E-state index contributed by atoms with van der Waals surface area (Å²) in [5, 5.41) is 0. The fourth-order valence-electron chi connectivity index (χ4n) is 2.28. The summed E-state index contributed by atoms with van der Waals surface area (Å²) < 4.78 is 11.2. The van der Waals surface area contributed by atoms with Gasteiger partial charge in [0.25, 0.3) is 5.91 Å². The van der Waals surface area contributed by atoms with E-state index in [1.807, 2.05) is 43.9 Å². The van der Waals surface area contributed by atoms with Gasteiger partial charge in [0, 0.05) is 13.1 Å². The monoisotopic (exact) mass is 277 g/mol. The summed E-state index contributed by atoms with van der Waals surface area (Å²) in [6, 6.07) is 6.06. The second-order valence-corrected chi connectivity index (χ2v) is 5.22. The van der Waals surface area contributed by atoms with Gasteiger partial charge in [-0.05, 0) is 37.5 Å². The van der Waals surface area contributed by atoms with E-state index >= 15 is 0 Å². The number of aryl methyl sites for hydroxylation is 2. The number of nitrogens with zero attached hydrogens (tertiary/aromatic N) is 1. The van der Waals surface area contributed by atoms with Crippen LogP contribution < -0.4 is 4.74 Å². The van der Waals surface area contributed by atoms with Crippen molar-refractivity contribution in [3.05, 3.63) is 29.3 Å². The molecule has 110 valence electrons. The highest BCUT2D eigenvalue weighted by molar-refractivity contribution is 5.81. The van der Waals surface area contributed by atoms with Gasteiger partial charge < -0.3 is 14.4 Å². The van der Waals surface area contributed by atoms with Crippen molar-refractivity contribution in [2.75, 3.05) is 26.3 Å². The molecule has 0 radical (unpaired) electrons. The number of hydrogen-bond acceptors (Lipinski definition) is 3. The van der Waals surface area contributed by atoms with Gasteiger partial charge in [0.2, 0.25) is 0 Å². The van der Waals surface area contributed by atoms with Crippen LogP contribution in [0.25, 0.3) is 0 Å². The molecule has 1 atom stereocenters. The first-order valence-corrected chi connectivity index (χ1v) is 7.22. The maximum atomic E-state index is 12.5. The summed E-state index contributed by atoms with van der Waals surface area (Å²) in [7, 11) is 0. The molecule has 2 rings (SSSR count). The molecule has 1 heterocycles. The van der Waals surface area contributed by atoms with Gasteiger partial charge in [-0.25, -0.2) is 0 Å². The van der Waals surface area contributed by atoms with E-state index in [1.165, 1.54) is 0 Å². The highest BCUT2D eigenvalue weighted by Gasteiger charge is 2.26. The number of carbonyl (C=O) groups excluding carboxylic acids is 1. The lowest BCUT2D eigenvalue weighted by Gasteiger charge is -2.30. The molecule has 1 aliphatic heterocycles. The zero-order valence-corrected chi connectivity index (χ0v) is 12.5. The largest absolute Gasteiger partial charge is 0.480 e. The molecule has 0 unspecified atom stereocenters. The molecule has 1 aromatic carbocycles. The molecule has 0 saturated carbocycles. The van der Waals surface area contributed by atoms with Crippen molar-refractivity contribution in [3.63, 3.8) is 0 Å². The van der Waals surface area contributed by atoms with Gasteiger partial charge in [-0.1, -0.05) is 19.1 Å². The lowest BCUT2D eigenvalue weighted by Crippen LogP contribution is -2.47. The van der Waals surface area contributed by atoms with E-state index in [0.29, 0.717) is 32.7 Å². The van der Waals surface area contributed by atoms with Crippen LogP contribution in [0, 0.1) is 13.8 Å². The van der Waals surface area contributed by atoms with Crippen LogP contribution in [-0.2, 0) is 9.53 Å². The van der Waals surface area contributed by atoms with Crippen molar-refractivity contribution in [1.29, 1.82) is 0 Å². The Morgan fingerprint density at radius 2 is 2.05 bits per heavy atom. The van der Waals surface area contributed by atoms with E-state index in [4.69, 9.17) is 9.47 Å². The van der Waals surface area contributed by atoms with Crippen LogP contribution in [0.5, 0.6) is 5.75 Å². The maximum Gasteiger partial charge on any atom is 0.263 e. The van der Waals surface area contributed by atoms with Crippen LogP contribution in [0.3, 0.4) is 0 Å². The van der Waals surface area contributed by atoms with E-state index in [0.717, 1.165) is 16.9 Å². The third-order valence-electron chi connectivity index (χ3n) is 3.58. The lowest BCUT2D eigenvalue weighted by atomic mass is 10.1. The maximum absolute atomic E-state index is 12.5. The van der Waals surface area contributed by atoms with Crippen LogP contribution in [-0.4, -0.2) is 43.2 Å². The van der Waals surface area contributed by atoms with Gasteiger partial charge >= 0.3 is 0 Å². The first-order chi connectivity index (χ1) is 9.61. The van der Waals surface area contributed by atoms with E-state index in [2.05, 4.69) is 0 Å². The first-order valence-electron chi connectivity index (χ1n) is 7.22. The van der Waals surface area contributed by atoms with Gasteiger partial charge in [-0.3, -0.25) is 4.79 Å². The average molecular weight is 277 g/mol. The van der Waals surface area contributed by atoms with Crippen LogP contribution in [0.15, 0.2) is 18.2 Å². The number of ether oxygens (including phenoxy) is 2. The average Bonchev–Trinajstić information content (AvgIpc) is 2.48. The van der Waals surface area contributed by atoms with Crippen molar-refractivity contribution >= 4 is 5.91 Å². The van der Waals surface area contributed by atoms with E-state index < -0.39 is 6.10 Å². The normalized spacial score (nSPS) is 16.9. The Bertz CT molecular complexity index is 467. The summed E-state index contributed by atoms with van der Waals surface area (Å²) in [4.78, 5) is 14.3. The van der Waals surface area contributed by atoms with Gasteiger partial charge in [0.15, 0.2) is 6.10 Å². The zero-order valence-electron chi connectivity index (χ0n) is 12.5. The summed E-state index contributed by atoms with van der Waals surface area (Å²) >= 11 is 0. The van der Waals surface area contributed by atoms with Gasteiger partial charge in [0.05, 0.1) is 13.2 Å². The molecule has 1 amide bonds. The molecule has 1 aromatic rings. The van der Waals surface area contributed by atoms with Crippen molar-refractivity contribution in [3.8, 4) is 5.75 Å². The highest BCUT2D eigenvalue weighted by Crippen LogP contribution is 2.22. The predicted octanol–water partition coefficient (Wildman–Crippen LogP) is 2.32. The number of carbonyl (C=O) groups is 1. The molecular weight excluding hydrogens is 254 g/mol. The molecule has 4 heteroatoms. The van der Waals surface area contributed by atoms with Crippen molar-refractivity contribution < 1.29 is 14.3 Å². The molecule has 0 N–H and O–H groups in total. The molecule has 0 bridgehead atoms. The third-order valence-corrected chi connectivity index (χ3v) is 3.58. The Morgan fingerprint density at radius 3 is 2.70 bits per heavy atom. The Balaban J connectivity index is 2.07. The van der Waals surface area contributed by atoms with E-state index in [-0.39, 0.29) is 5.91 Å². The fourth-order valence-corrected chi connectivity index (χ4v) is 2.28. The van der Waals surface area contributed by atoms with Crippen LogP contribution in [0.2, 0.25) is 0 Å². The smallest absolute Gasteiger partial charge is 0.263 e. The number of rotatable bonds is 4. The standard InChI is InChI=1S/C16H23NO3/c1-4-14(16(18)17-7-9-19-10-8-17)20-15-11-12(2)5-6-13(15)3/h5-6,11,14H,4,7-10H2,1-3H3/t14-/m0/s1. The van der Waals surface area contributed by atoms with Gasteiger partial charge in [-0.15, -0.1) is 0 Å². The molecule has 20 heavy (non-hydrogen) atoms. The topological polar surface area (TPSA) is 38.8 Å². The predicted molar refractivity (Wildman–Crippen MR) is 78.0 cm³/mol. The first kappa shape index (κ1) is 14.9. The number of morpholine rings is 1. The molecular formula is C16H23NO3. The van der Waals surface area contributed by atoms with Crippen molar-refractivity contribution in [2.45, 2.75) is 33.3 Å². The fraction of sp³-hybridized carbons (Fsp3) is 0.562. The van der Waals surface area contributed by atoms with Crippen molar-refractivity contribution in [1.82, 2.24) is 4.90 Å². The van der Waals surface area contributed by atoms with Crippen LogP contribution >= 0.6 is 0 Å². The molecule has 4 nitrogen and oxygen atoms in total. The van der Waals surface area contributed by atoms with Gasteiger partial charge in [0.1, 0.15) is 5.75 Å². The van der Waals surface area contributed by atoms with Gasteiger partial charge in [-0.2, -0.15) is 0 Å². The molecule has 0 aromatic heterocycles. The second kappa shape index (κ2) is 6.75. The minimum atomic E-state index is -0.409. The molecule has 1 aliphatic rings. The Labute approximate surface area is 120 Å². The Kier molecular flexibility index (Phi) is 5.01. The number of amides is 1.